The normalized spacial score (nSPS) is 16.8. The number of anilines is 1. The van der Waals surface area contributed by atoms with E-state index in [4.69, 9.17) is 5.73 Å². The first kappa shape index (κ1) is 20.0. The van der Waals surface area contributed by atoms with Crippen molar-refractivity contribution in [2.24, 2.45) is 5.73 Å². The van der Waals surface area contributed by atoms with Crippen LogP contribution in [-0.4, -0.2) is 17.4 Å². The van der Waals surface area contributed by atoms with E-state index in [9.17, 15) is 14.0 Å². The fourth-order valence-electron chi connectivity index (χ4n) is 3.49. The lowest BCUT2D eigenvalue weighted by atomic mass is 9.81. The van der Waals surface area contributed by atoms with Gasteiger partial charge in [0.25, 0.3) is 5.91 Å². The maximum Gasteiger partial charge on any atom is 0.255 e. The minimum absolute atomic E-state index is 0.103. The Morgan fingerprint density at radius 1 is 1.00 bits per heavy atom. The number of nitrogens with one attached hydrogen (secondary N) is 2. The van der Waals surface area contributed by atoms with E-state index in [1.54, 1.807) is 12.1 Å². The fourth-order valence-corrected chi connectivity index (χ4v) is 3.49. The van der Waals surface area contributed by atoms with Crippen LogP contribution in [0.3, 0.4) is 0 Å². The molecule has 5 nitrogen and oxygen atoms in total. The number of carbonyl (C=O) groups excluding carboxylic acids is 2. The van der Waals surface area contributed by atoms with Gasteiger partial charge in [-0.1, -0.05) is 31.4 Å². The van der Waals surface area contributed by atoms with E-state index in [0.29, 0.717) is 11.3 Å². The second kappa shape index (κ2) is 8.52. The molecule has 0 spiro atoms. The summed E-state index contributed by atoms with van der Waals surface area (Å²) in [5.74, 6) is -0.797. The second-order valence-electron chi connectivity index (χ2n) is 7.49. The van der Waals surface area contributed by atoms with Crippen molar-refractivity contribution in [3.05, 3.63) is 65.5 Å². The predicted octanol–water partition coefficient (Wildman–Crippen LogP) is 3.92. The van der Waals surface area contributed by atoms with E-state index in [2.05, 4.69) is 10.6 Å². The van der Waals surface area contributed by atoms with E-state index in [0.717, 1.165) is 37.7 Å². The summed E-state index contributed by atoms with van der Waals surface area (Å²) < 4.78 is 13.0. The van der Waals surface area contributed by atoms with Gasteiger partial charge in [0.05, 0.1) is 11.6 Å². The zero-order valence-electron chi connectivity index (χ0n) is 16.0. The van der Waals surface area contributed by atoms with Crippen LogP contribution in [0.1, 0.15) is 61.0 Å². The minimum atomic E-state index is -0.768. The number of halogens is 1. The van der Waals surface area contributed by atoms with Crippen LogP contribution in [0.2, 0.25) is 0 Å². The highest BCUT2D eigenvalue weighted by atomic mass is 19.1. The molecule has 6 heteroatoms. The number of carbonyl (C=O) groups is 2. The Bertz CT molecular complexity index is 828. The Hall–Kier alpha value is -2.73. The van der Waals surface area contributed by atoms with Crippen LogP contribution in [-0.2, 0) is 4.79 Å². The summed E-state index contributed by atoms with van der Waals surface area (Å²) in [7, 11) is 0. The monoisotopic (exact) mass is 383 g/mol. The molecule has 0 bridgehead atoms. The largest absolute Gasteiger partial charge is 0.348 e. The molecule has 0 aliphatic heterocycles. The third-order valence-electron chi connectivity index (χ3n) is 5.32. The quantitative estimate of drug-likeness (QED) is 0.732. The van der Waals surface area contributed by atoms with Gasteiger partial charge in [-0.05, 0) is 61.7 Å². The van der Waals surface area contributed by atoms with Crippen LogP contribution < -0.4 is 16.4 Å². The van der Waals surface area contributed by atoms with Gasteiger partial charge in [0.2, 0.25) is 5.91 Å². The Morgan fingerprint density at radius 3 is 2.21 bits per heavy atom. The highest BCUT2D eigenvalue weighted by molar-refractivity contribution is 6.04. The Kier molecular flexibility index (Phi) is 6.09. The molecule has 1 aliphatic carbocycles. The average Bonchev–Trinajstić information content (AvgIpc) is 2.69. The van der Waals surface area contributed by atoms with Crippen LogP contribution in [0.25, 0.3) is 0 Å². The maximum absolute atomic E-state index is 13.0. The molecule has 2 aromatic carbocycles. The summed E-state index contributed by atoms with van der Waals surface area (Å²) >= 11 is 0. The third kappa shape index (κ3) is 4.75. The molecule has 0 saturated heterocycles. The van der Waals surface area contributed by atoms with Crippen molar-refractivity contribution in [2.75, 3.05) is 5.32 Å². The van der Waals surface area contributed by atoms with Gasteiger partial charge < -0.3 is 16.4 Å². The van der Waals surface area contributed by atoms with E-state index in [1.165, 1.54) is 24.3 Å². The molecule has 0 radical (unpaired) electrons. The van der Waals surface area contributed by atoms with Gasteiger partial charge in [0.1, 0.15) is 5.82 Å². The first-order valence-electron chi connectivity index (χ1n) is 9.64. The van der Waals surface area contributed by atoms with Crippen molar-refractivity contribution >= 4 is 17.5 Å². The first-order chi connectivity index (χ1) is 13.4. The smallest absolute Gasteiger partial charge is 0.255 e. The molecule has 1 unspecified atom stereocenters. The standard InChI is InChI=1S/C22H26FN3O2/c1-15(25-21(28)22(24)13-3-2-4-14-22)16-7-11-19(12-8-16)26-20(27)17-5-9-18(23)10-6-17/h5-12,15H,2-4,13-14,24H2,1H3,(H,25,28)(H,26,27). The number of rotatable bonds is 5. The molecule has 3 rings (SSSR count). The SMILES string of the molecule is CC(NC(=O)C1(N)CCCCC1)c1ccc(NC(=O)c2ccc(F)cc2)cc1. The zero-order valence-corrected chi connectivity index (χ0v) is 16.0. The van der Waals surface area contributed by atoms with Gasteiger partial charge in [-0.3, -0.25) is 9.59 Å². The molecule has 2 aromatic rings. The van der Waals surface area contributed by atoms with Crippen LogP contribution in [0.15, 0.2) is 48.5 Å². The van der Waals surface area contributed by atoms with Crippen LogP contribution in [0, 0.1) is 5.82 Å². The van der Waals surface area contributed by atoms with Crippen LogP contribution >= 0.6 is 0 Å². The van der Waals surface area contributed by atoms with Crippen molar-refractivity contribution in [2.45, 2.75) is 50.6 Å². The van der Waals surface area contributed by atoms with E-state index < -0.39 is 5.54 Å². The van der Waals surface area contributed by atoms with Gasteiger partial charge in [-0.2, -0.15) is 0 Å². The molecule has 0 aromatic heterocycles. The van der Waals surface area contributed by atoms with E-state index in [1.807, 2.05) is 19.1 Å². The maximum atomic E-state index is 13.0. The number of amides is 2. The number of nitrogens with two attached hydrogens (primary N) is 1. The van der Waals surface area contributed by atoms with Crippen molar-refractivity contribution in [3.63, 3.8) is 0 Å². The molecule has 1 atom stereocenters. The van der Waals surface area contributed by atoms with Crippen molar-refractivity contribution < 1.29 is 14.0 Å². The third-order valence-corrected chi connectivity index (χ3v) is 5.32. The summed E-state index contributed by atoms with van der Waals surface area (Å²) in [6.07, 6.45) is 4.55. The molecule has 1 aliphatic rings. The lowest BCUT2D eigenvalue weighted by Crippen LogP contribution is -2.55. The summed E-state index contributed by atoms with van der Waals surface area (Å²) in [6, 6.07) is 12.4. The van der Waals surface area contributed by atoms with Crippen molar-refractivity contribution in [1.29, 1.82) is 0 Å². The summed E-state index contributed by atoms with van der Waals surface area (Å²) in [6.45, 7) is 1.91. The van der Waals surface area contributed by atoms with Crippen LogP contribution in [0.4, 0.5) is 10.1 Å². The second-order valence-corrected chi connectivity index (χ2v) is 7.49. The Balaban J connectivity index is 1.59. The molecular formula is C22H26FN3O2. The minimum Gasteiger partial charge on any atom is -0.348 e. The molecule has 1 saturated carbocycles. The van der Waals surface area contributed by atoms with Gasteiger partial charge in [-0.15, -0.1) is 0 Å². The summed E-state index contributed by atoms with van der Waals surface area (Å²) in [4.78, 5) is 24.8. The first-order valence-corrected chi connectivity index (χ1v) is 9.64. The lowest BCUT2D eigenvalue weighted by molar-refractivity contribution is -0.128. The summed E-state index contributed by atoms with van der Waals surface area (Å²) in [5, 5.41) is 5.78. The van der Waals surface area contributed by atoms with Gasteiger partial charge >= 0.3 is 0 Å². The van der Waals surface area contributed by atoms with Gasteiger partial charge in [0.15, 0.2) is 0 Å². The van der Waals surface area contributed by atoms with Gasteiger partial charge in [-0.25, -0.2) is 4.39 Å². The molecular weight excluding hydrogens is 357 g/mol. The molecule has 2 amide bonds. The van der Waals surface area contributed by atoms with Crippen molar-refractivity contribution in [1.82, 2.24) is 5.32 Å². The molecule has 4 N–H and O–H groups in total. The van der Waals surface area contributed by atoms with Crippen LogP contribution in [0.5, 0.6) is 0 Å². The van der Waals surface area contributed by atoms with Gasteiger partial charge in [0, 0.05) is 11.3 Å². The average molecular weight is 383 g/mol. The topological polar surface area (TPSA) is 84.2 Å². The molecule has 1 fully saturated rings. The summed E-state index contributed by atoms with van der Waals surface area (Å²) in [5.41, 5.74) is 7.45. The van der Waals surface area contributed by atoms with Crippen molar-refractivity contribution in [3.8, 4) is 0 Å². The fraction of sp³-hybridized carbons (Fsp3) is 0.364. The zero-order chi connectivity index (χ0) is 20.1. The molecule has 0 heterocycles. The number of hydrogen-bond acceptors (Lipinski definition) is 3. The van der Waals surface area contributed by atoms with E-state index >= 15 is 0 Å². The lowest BCUT2D eigenvalue weighted by Gasteiger charge is -2.33. The highest BCUT2D eigenvalue weighted by Gasteiger charge is 2.35. The molecule has 28 heavy (non-hydrogen) atoms. The Labute approximate surface area is 164 Å². The predicted molar refractivity (Wildman–Crippen MR) is 107 cm³/mol. The molecule has 148 valence electrons. The number of benzene rings is 2. The highest BCUT2D eigenvalue weighted by Crippen LogP contribution is 2.27. The Morgan fingerprint density at radius 2 is 1.61 bits per heavy atom. The van der Waals surface area contributed by atoms with E-state index in [-0.39, 0.29) is 23.7 Å². The number of hydrogen-bond donors (Lipinski definition) is 3.